The van der Waals surface area contributed by atoms with E-state index < -0.39 is 0 Å². The summed E-state index contributed by atoms with van der Waals surface area (Å²) in [7, 11) is 6.89. The highest BCUT2D eigenvalue weighted by molar-refractivity contribution is 7.22. The van der Waals surface area contributed by atoms with Gasteiger partial charge >= 0.3 is 0 Å². The summed E-state index contributed by atoms with van der Waals surface area (Å²) < 4.78 is 18.1. The lowest BCUT2D eigenvalue weighted by Crippen LogP contribution is -2.10. The first-order chi connectivity index (χ1) is 18.0. The van der Waals surface area contributed by atoms with Crippen LogP contribution in [0.1, 0.15) is 0 Å². The number of anilines is 1. The van der Waals surface area contributed by atoms with Crippen molar-refractivity contribution in [2.45, 2.75) is 0 Å². The normalized spacial score (nSPS) is 11.2. The highest BCUT2D eigenvalue weighted by Gasteiger charge is 2.24. The summed E-state index contributed by atoms with van der Waals surface area (Å²) in [6.45, 7) is 1.11. The molecule has 0 atom stereocenters. The molecule has 10 heteroatoms. The Hall–Kier alpha value is -3.66. The number of nitrogens with zero attached hydrogens (tertiary/aromatic N) is 4. The van der Waals surface area contributed by atoms with E-state index in [4.69, 9.17) is 35.8 Å². The molecule has 0 saturated carbocycles. The highest BCUT2D eigenvalue weighted by Crippen LogP contribution is 2.49. The van der Waals surface area contributed by atoms with Gasteiger partial charge in [0.25, 0.3) is 0 Å². The Labute approximate surface area is 223 Å². The molecule has 0 unspecified atom stereocenters. The smallest absolute Gasteiger partial charge is 0.199 e. The van der Waals surface area contributed by atoms with E-state index in [2.05, 4.69) is 10.3 Å². The number of fused-ring (bicyclic) bond motifs is 1. The summed E-state index contributed by atoms with van der Waals surface area (Å²) in [5.41, 5.74) is 2.82. The Morgan fingerprint density at radius 3 is 2.43 bits per heavy atom. The second-order valence-electron chi connectivity index (χ2n) is 8.24. The van der Waals surface area contributed by atoms with E-state index in [-0.39, 0.29) is 0 Å². The Balaban J connectivity index is 1.83. The van der Waals surface area contributed by atoms with Gasteiger partial charge in [0.05, 0.1) is 26.2 Å². The number of hydrogen-bond acceptors (Lipinski definition) is 8. The van der Waals surface area contributed by atoms with Crippen LogP contribution >= 0.6 is 22.9 Å². The number of nitrogens with one attached hydrogen (secondary N) is 1. The van der Waals surface area contributed by atoms with Gasteiger partial charge in [-0.1, -0.05) is 23.7 Å². The zero-order valence-corrected chi connectivity index (χ0v) is 22.5. The molecule has 0 aliphatic heterocycles. The zero-order chi connectivity index (χ0) is 25.9. The first-order valence-corrected chi connectivity index (χ1v) is 12.8. The third-order valence-electron chi connectivity index (χ3n) is 5.97. The molecule has 0 aliphatic carbocycles. The van der Waals surface area contributed by atoms with Gasteiger partial charge in [-0.15, -0.1) is 11.3 Å². The number of methoxy groups -OCH3 is 3. The first kappa shape index (κ1) is 25.0. The summed E-state index contributed by atoms with van der Waals surface area (Å²) in [4.78, 5) is 16.1. The lowest BCUT2D eigenvalue weighted by atomic mass is 9.99. The first-order valence-electron chi connectivity index (χ1n) is 11.6. The Kier molecular flexibility index (Phi) is 7.27. The average molecular weight is 536 g/mol. The van der Waals surface area contributed by atoms with E-state index in [0.717, 1.165) is 43.3 Å². The molecule has 3 aromatic heterocycles. The SMILES string of the molecule is COCCNc1nc(-c2nccn2C)nc2sc(-c3cc(OC)ccc3Cl)c(-c3ccc(OC)cc3)c12. The van der Waals surface area contributed by atoms with Gasteiger partial charge in [-0.2, -0.15) is 0 Å². The third kappa shape index (κ3) is 4.85. The fourth-order valence-corrected chi connectivity index (χ4v) is 5.60. The van der Waals surface area contributed by atoms with E-state index in [0.29, 0.717) is 35.6 Å². The molecule has 37 heavy (non-hydrogen) atoms. The number of thiophene rings is 1. The molecular weight excluding hydrogens is 510 g/mol. The van der Waals surface area contributed by atoms with Crippen LogP contribution in [0.3, 0.4) is 0 Å². The van der Waals surface area contributed by atoms with Crippen molar-refractivity contribution in [3.63, 3.8) is 0 Å². The van der Waals surface area contributed by atoms with Crippen LogP contribution in [-0.4, -0.2) is 54.0 Å². The minimum atomic E-state index is 0.528. The second kappa shape index (κ2) is 10.8. The van der Waals surface area contributed by atoms with Crippen LogP contribution in [0.5, 0.6) is 11.5 Å². The van der Waals surface area contributed by atoms with Crippen LogP contribution in [0, 0.1) is 0 Å². The molecule has 1 N–H and O–H groups in total. The van der Waals surface area contributed by atoms with Gasteiger partial charge in [-0.25, -0.2) is 15.0 Å². The molecule has 0 fully saturated rings. The molecule has 0 radical (unpaired) electrons. The van der Waals surface area contributed by atoms with Crippen molar-refractivity contribution < 1.29 is 14.2 Å². The van der Waals surface area contributed by atoms with Gasteiger partial charge in [-0.05, 0) is 35.9 Å². The molecule has 0 spiro atoms. The summed E-state index contributed by atoms with van der Waals surface area (Å²) >= 11 is 8.30. The molecule has 0 saturated heterocycles. The van der Waals surface area contributed by atoms with Gasteiger partial charge in [0.15, 0.2) is 11.6 Å². The van der Waals surface area contributed by atoms with Crippen LogP contribution in [0.4, 0.5) is 5.82 Å². The number of rotatable bonds is 9. The highest BCUT2D eigenvalue weighted by atomic mass is 35.5. The van der Waals surface area contributed by atoms with E-state index in [1.165, 1.54) is 0 Å². The van der Waals surface area contributed by atoms with Crippen molar-refractivity contribution >= 4 is 39.0 Å². The number of aryl methyl sites for hydroxylation is 1. The minimum Gasteiger partial charge on any atom is -0.497 e. The fourth-order valence-electron chi connectivity index (χ4n) is 4.11. The molecule has 0 aliphatic rings. The maximum atomic E-state index is 6.75. The van der Waals surface area contributed by atoms with E-state index in [1.54, 1.807) is 38.9 Å². The summed E-state index contributed by atoms with van der Waals surface area (Å²) in [6.07, 6.45) is 3.61. The Morgan fingerprint density at radius 2 is 1.76 bits per heavy atom. The van der Waals surface area contributed by atoms with Gasteiger partial charge in [0.1, 0.15) is 22.1 Å². The largest absolute Gasteiger partial charge is 0.497 e. The second-order valence-corrected chi connectivity index (χ2v) is 9.64. The van der Waals surface area contributed by atoms with Crippen molar-refractivity contribution in [1.29, 1.82) is 0 Å². The molecule has 2 aromatic carbocycles. The standard InChI is InChI=1S/C27H26ClN5O3S/c1-33-13-11-30-26(33)25-31-24(29-12-14-34-2)22-21(16-5-7-17(35-3)8-6-16)23(37-27(22)32-25)19-15-18(36-4)9-10-20(19)28/h5-11,13,15H,12,14H2,1-4H3,(H,29,31,32). The number of aromatic nitrogens is 4. The Bertz CT molecular complexity index is 1550. The maximum absolute atomic E-state index is 6.75. The molecule has 5 rings (SSSR count). The number of benzene rings is 2. The molecule has 0 bridgehead atoms. The Morgan fingerprint density at radius 1 is 1.00 bits per heavy atom. The van der Waals surface area contributed by atoms with Gasteiger partial charge in [0.2, 0.25) is 0 Å². The molecule has 0 amide bonds. The molecule has 8 nitrogen and oxygen atoms in total. The number of ether oxygens (including phenoxy) is 3. The number of halogens is 1. The van der Waals surface area contributed by atoms with Crippen molar-refractivity contribution in [1.82, 2.24) is 19.5 Å². The molecular formula is C27H26ClN5O3S. The van der Waals surface area contributed by atoms with Crippen LogP contribution in [0.2, 0.25) is 5.02 Å². The van der Waals surface area contributed by atoms with E-state index in [9.17, 15) is 0 Å². The van der Waals surface area contributed by atoms with Crippen molar-refractivity contribution in [2.24, 2.45) is 7.05 Å². The summed E-state index contributed by atoms with van der Waals surface area (Å²) in [6, 6.07) is 13.6. The summed E-state index contributed by atoms with van der Waals surface area (Å²) in [5, 5.41) is 4.98. The van der Waals surface area contributed by atoms with Crippen LogP contribution in [0.25, 0.3) is 43.4 Å². The monoisotopic (exact) mass is 535 g/mol. The summed E-state index contributed by atoms with van der Waals surface area (Å²) in [5.74, 6) is 3.40. The van der Waals surface area contributed by atoms with E-state index >= 15 is 0 Å². The minimum absolute atomic E-state index is 0.528. The topological polar surface area (TPSA) is 83.3 Å². The van der Waals surface area contributed by atoms with Crippen LogP contribution in [0.15, 0.2) is 54.9 Å². The maximum Gasteiger partial charge on any atom is 0.199 e. The molecule has 190 valence electrons. The molecule has 5 aromatic rings. The van der Waals surface area contributed by atoms with E-state index in [1.807, 2.05) is 60.3 Å². The van der Waals surface area contributed by atoms with Gasteiger partial charge in [-0.3, -0.25) is 0 Å². The van der Waals surface area contributed by atoms with Crippen LogP contribution < -0.4 is 14.8 Å². The van der Waals surface area contributed by atoms with Gasteiger partial charge < -0.3 is 24.1 Å². The fraction of sp³-hybridized carbons (Fsp3) is 0.222. The number of imidazole rings is 1. The third-order valence-corrected chi connectivity index (χ3v) is 7.41. The lowest BCUT2D eigenvalue weighted by molar-refractivity contribution is 0.210. The predicted molar refractivity (Wildman–Crippen MR) is 149 cm³/mol. The van der Waals surface area contributed by atoms with Gasteiger partial charge in [0, 0.05) is 54.1 Å². The zero-order valence-electron chi connectivity index (χ0n) is 20.9. The lowest BCUT2D eigenvalue weighted by Gasteiger charge is -2.12. The van der Waals surface area contributed by atoms with Crippen molar-refractivity contribution in [2.75, 3.05) is 39.8 Å². The van der Waals surface area contributed by atoms with Crippen molar-refractivity contribution in [3.05, 3.63) is 59.9 Å². The quantitative estimate of drug-likeness (QED) is 0.226. The van der Waals surface area contributed by atoms with Crippen LogP contribution in [-0.2, 0) is 11.8 Å². The number of hydrogen-bond donors (Lipinski definition) is 1. The molecule has 3 heterocycles. The van der Waals surface area contributed by atoms with Crippen molar-refractivity contribution in [3.8, 4) is 44.7 Å². The predicted octanol–water partition coefficient (Wildman–Crippen LogP) is 6.15. The average Bonchev–Trinajstić information content (AvgIpc) is 3.52.